The number of methoxy groups -OCH3 is 2. The molecule has 2 saturated heterocycles. The smallest absolute Gasteiger partial charge is 0.407 e. The van der Waals surface area contributed by atoms with Gasteiger partial charge in [0.25, 0.3) is 5.91 Å². The third-order valence-corrected chi connectivity index (χ3v) is 10.5. The molecule has 15 nitrogen and oxygen atoms in total. The summed E-state index contributed by atoms with van der Waals surface area (Å²) < 4.78 is 9.51. The number of hydrogen-bond acceptors (Lipinski definition) is 9. The van der Waals surface area contributed by atoms with E-state index in [1.54, 1.807) is 17.3 Å². The Hall–Kier alpha value is -5.70. The van der Waals surface area contributed by atoms with Crippen molar-refractivity contribution in [3.8, 4) is 33.6 Å². The number of aromatic amines is 2. The van der Waals surface area contributed by atoms with Crippen molar-refractivity contribution in [1.29, 1.82) is 0 Å². The number of hydroxylamine groups is 2. The van der Waals surface area contributed by atoms with E-state index in [9.17, 15) is 19.2 Å². The van der Waals surface area contributed by atoms with Crippen molar-refractivity contribution in [2.24, 2.45) is 11.8 Å². The highest BCUT2D eigenvalue weighted by Gasteiger charge is 2.38. The van der Waals surface area contributed by atoms with Crippen LogP contribution in [0.15, 0.2) is 60.9 Å². The summed E-state index contributed by atoms with van der Waals surface area (Å²) in [4.78, 5) is 75.2. The van der Waals surface area contributed by atoms with E-state index < -0.39 is 30.3 Å². The van der Waals surface area contributed by atoms with E-state index in [1.807, 2.05) is 52.0 Å². The lowest BCUT2D eigenvalue weighted by molar-refractivity contribution is -0.201. The zero-order valence-electron chi connectivity index (χ0n) is 32.8. The molecule has 2 aliphatic heterocycles. The SMILES string of the molecule is COC(=O)NC(C(=O)N1CCCC1c1ncc(-c2ccc(-c3ccc(-c4cnc(C5CCCCON5C(=O)C(NC(=O)OC)C(C)C)[nH]4)cc3)cc2)[nH]1)C(C)C. The van der Waals surface area contributed by atoms with Gasteiger partial charge < -0.3 is 35.0 Å². The fourth-order valence-corrected chi connectivity index (χ4v) is 7.29. The Labute approximate surface area is 326 Å². The molecule has 2 aromatic heterocycles. The first-order valence-electron chi connectivity index (χ1n) is 19.3. The highest BCUT2D eigenvalue weighted by molar-refractivity contribution is 5.87. The van der Waals surface area contributed by atoms with E-state index in [0.29, 0.717) is 31.2 Å². The van der Waals surface area contributed by atoms with E-state index in [0.717, 1.165) is 59.3 Å². The number of amides is 4. The molecule has 4 atom stereocenters. The predicted molar refractivity (Wildman–Crippen MR) is 208 cm³/mol. The summed E-state index contributed by atoms with van der Waals surface area (Å²) in [5.41, 5.74) is 5.65. The predicted octanol–water partition coefficient (Wildman–Crippen LogP) is 6.54. The molecular formula is C41H52N8O7. The van der Waals surface area contributed by atoms with Crippen LogP contribution in [0.4, 0.5) is 9.59 Å². The molecule has 4 N–H and O–H groups in total. The summed E-state index contributed by atoms with van der Waals surface area (Å²) in [7, 11) is 2.55. The third-order valence-electron chi connectivity index (χ3n) is 10.5. The largest absolute Gasteiger partial charge is 0.453 e. The first-order valence-corrected chi connectivity index (χ1v) is 19.3. The van der Waals surface area contributed by atoms with Gasteiger partial charge in [-0.25, -0.2) is 24.6 Å². The van der Waals surface area contributed by atoms with Crippen molar-refractivity contribution >= 4 is 24.0 Å². The maximum atomic E-state index is 13.7. The molecular weight excluding hydrogens is 716 g/mol. The second-order valence-corrected chi connectivity index (χ2v) is 14.9. The van der Waals surface area contributed by atoms with Gasteiger partial charge in [0.05, 0.1) is 50.6 Å². The number of nitrogens with zero attached hydrogens (tertiary/aromatic N) is 4. The van der Waals surface area contributed by atoms with Gasteiger partial charge in [0.1, 0.15) is 29.8 Å². The summed E-state index contributed by atoms with van der Waals surface area (Å²) in [5, 5.41) is 6.71. The second kappa shape index (κ2) is 17.8. The lowest BCUT2D eigenvalue weighted by Gasteiger charge is -2.32. The third kappa shape index (κ3) is 8.88. The molecule has 2 aromatic carbocycles. The number of alkyl carbamates (subject to hydrolysis) is 2. The quantitative estimate of drug-likeness (QED) is 0.132. The van der Waals surface area contributed by atoms with Crippen LogP contribution in [0.2, 0.25) is 0 Å². The van der Waals surface area contributed by atoms with Gasteiger partial charge in [0, 0.05) is 6.54 Å². The normalized spacial score (nSPS) is 18.4. The van der Waals surface area contributed by atoms with Crippen molar-refractivity contribution in [2.45, 2.75) is 84.0 Å². The minimum absolute atomic E-state index is 0.109. The second-order valence-electron chi connectivity index (χ2n) is 14.9. The molecule has 0 aliphatic carbocycles. The van der Waals surface area contributed by atoms with Gasteiger partial charge in [-0.1, -0.05) is 76.2 Å². The molecule has 56 heavy (non-hydrogen) atoms. The van der Waals surface area contributed by atoms with Crippen molar-refractivity contribution < 1.29 is 33.5 Å². The highest BCUT2D eigenvalue weighted by atomic mass is 16.7. The molecule has 15 heteroatoms. The van der Waals surface area contributed by atoms with Gasteiger partial charge in [-0.2, -0.15) is 0 Å². The lowest BCUT2D eigenvalue weighted by atomic mass is 10.0. The Morgan fingerprint density at radius 2 is 1.14 bits per heavy atom. The standard InChI is InChI=1S/C41H52N8O7/c1-24(2)34(46-40(52)54-5)38(50)48-20-9-11-32(48)36-42-22-30(44-36)28-16-12-26(13-17-28)27-14-18-29(19-15-27)31-23-43-37(45-31)33-10-7-8-21-56-49(33)39(51)35(25(3)4)47-41(53)55-6/h12-19,22-25,32-35H,7-11,20-21H2,1-6H3,(H,42,44)(H,43,45)(H,46,52)(H,47,53). The van der Waals surface area contributed by atoms with E-state index in [-0.39, 0.29) is 29.7 Å². The monoisotopic (exact) mass is 768 g/mol. The zero-order valence-corrected chi connectivity index (χ0v) is 32.8. The average Bonchev–Trinajstić information content (AvgIpc) is 3.98. The number of ether oxygens (including phenoxy) is 2. The molecule has 298 valence electrons. The van der Waals surface area contributed by atoms with Crippen LogP contribution in [-0.4, -0.2) is 93.4 Å². The lowest BCUT2D eigenvalue weighted by Crippen LogP contribution is -2.52. The van der Waals surface area contributed by atoms with Crippen LogP contribution in [0, 0.1) is 11.8 Å². The van der Waals surface area contributed by atoms with E-state index in [4.69, 9.17) is 14.3 Å². The maximum absolute atomic E-state index is 13.7. The number of likely N-dealkylation sites (tertiary alicyclic amines) is 1. The molecule has 0 radical (unpaired) electrons. The topological polar surface area (TPSA) is 184 Å². The number of benzene rings is 2. The van der Waals surface area contributed by atoms with E-state index in [1.165, 1.54) is 19.3 Å². The molecule has 4 amide bonds. The Kier molecular flexibility index (Phi) is 12.7. The maximum Gasteiger partial charge on any atom is 0.407 e. The Morgan fingerprint density at radius 1 is 0.679 bits per heavy atom. The van der Waals surface area contributed by atoms with Crippen LogP contribution in [0.25, 0.3) is 33.6 Å². The molecule has 0 spiro atoms. The number of imidazole rings is 2. The van der Waals surface area contributed by atoms with Crippen LogP contribution in [0.5, 0.6) is 0 Å². The van der Waals surface area contributed by atoms with Crippen LogP contribution < -0.4 is 10.6 Å². The van der Waals surface area contributed by atoms with Crippen LogP contribution >= 0.6 is 0 Å². The number of rotatable bonds is 11. The molecule has 4 unspecified atom stereocenters. The number of H-pyrrole nitrogens is 2. The molecule has 4 heterocycles. The number of carbonyl (C=O) groups is 4. The Morgan fingerprint density at radius 3 is 1.64 bits per heavy atom. The van der Waals surface area contributed by atoms with Crippen molar-refractivity contribution in [3.05, 3.63) is 72.6 Å². The van der Waals surface area contributed by atoms with Gasteiger partial charge >= 0.3 is 12.2 Å². The van der Waals surface area contributed by atoms with Gasteiger partial charge in [0.2, 0.25) is 5.91 Å². The molecule has 0 bridgehead atoms. The molecule has 6 rings (SSSR count). The van der Waals surface area contributed by atoms with Crippen molar-refractivity contribution in [2.75, 3.05) is 27.4 Å². The van der Waals surface area contributed by atoms with E-state index >= 15 is 0 Å². The van der Waals surface area contributed by atoms with Gasteiger partial charge in [-0.15, -0.1) is 0 Å². The minimum Gasteiger partial charge on any atom is -0.453 e. The van der Waals surface area contributed by atoms with Crippen molar-refractivity contribution in [3.63, 3.8) is 0 Å². The number of hydrogen-bond donors (Lipinski definition) is 4. The molecule has 4 aromatic rings. The number of aromatic nitrogens is 4. The first-order chi connectivity index (χ1) is 27.0. The van der Waals surface area contributed by atoms with Gasteiger partial charge in [-0.3, -0.25) is 14.4 Å². The summed E-state index contributed by atoms with van der Waals surface area (Å²) in [6.07, 6.45) is 6.19. The Balaban J connectivity index is 1.13. The molecule has 0 saturated carbocycles. The number of carbonyl (C=O) groups excluding carboxylic acids is 4. The summed E-state index contributed by atoms with van der Waals surface area (Å²) in [5.74, 6) is 0.533. The number of nitrogens with one attached hydrogen (secondary N) is 4. The summed E-state index contributed by atoms with van der Waals surface area (Å²) >= 11 is 0. The highest BCUT2D eigenvalue weighted by Crippen LogP contribution is 2.34. The van der Waals surface area contributed by atoms with Crippen LogP contribution in [0.1, 0.15) is 83.5 Å². The van der Waals surface area contributed by atoms with Crippen molar-refractivity contribution in [1.82, 2.24) is 40.5 Å². The fourth-order valence-electron chi connectivity index (χ4n) is 7.29. The van der Waals surface area contributed by atoms with Crippen LogP contribution in [-0.2, 0) is 23.9 Å². The van der Waals surface area contributed by atoms with E-state index in [2.05, 4.69) is 54.8 Å². The average molecular weight is 769 g/mol. The first kappa shape index (κ1) is 40.0. The zero-order chi connectivity index (χ0) is 39.9. The molecule has 2 fully saturated rings. The minimum atomic E-state index is -0.821. The summed E-state index contributed by atoms with van der Waals surface area (Å²) in [6, 6.07) is 14.2. The summed E-state index contributed by atoms with van der Waals surface area (Å²) in [6.45, 7) is 8.49. The molecule has 2 aliphatic rings. The van der Waals surface area contributed by atoms with Crippen LogP contribution in [0.3, 0.4) is 0 Å². The van der Waals surface area contributed by atoms with Gasteiger partial charge in [-0.05, 0) is 66.2 Å². The fraction of sp³-hybridized carbons (Fsp3) is 0.463. The Bertz CT molecular complexity index is 1970. The van der Waals surface area contributed by atoms with Gasteiger partial charge in [0.15, 0.2) is 0 Å².